The van der Waals surface area contributed by atoms with Crippen molar-refractivity contribution in [2.45, 2.75) is 57.4 Å². The lowest BCUT2D eigenvalue weighted by molar-refractivity contribution is 0.145. The molecule has 0 aromatic heterocycles. The van der Waals surface area contributed by atoms with E-state index in [0.717, 1.165) is 24.9 Å². The van der Waals surface area contributed by atoms with Crippen molar-refractivity contribution in [3.63, 3.8) is 0 Å². The molecule has 0 aromatic carbocycles. The van der Waals surface area contributed by atoms with Crippen molar-refractivity contribution in [1.29, 1.82) is 0 Å². The smallest absolute Gasteiger partial charge is 0.0443 e. The van der Waals surface area contributed by atoms with Gasteiger partial charge in [0.2, 0.25) is 0 Å². The van der Waals surface area contributed by atoms with Crippen LogP contribution in [0.4, 0.5) is 0 Å². The van der Waals surface area contributed by atoms with E-state index < -0.39 is 0 Å². The van der Waals surface area contributed by atoms with E-state index in [2.05, 4.69) is 4.90 Å². The molecule has 88 valence electrons. The summed E-state index contributed by atoms with van der Waals surface area (Å²) in [4.78, 5) is 2.65. The summed E-state index contributed by atoms with van der Waals surface area (Å²) in [5.74, 6) is 0.972. The SMILES string of the molecule is OCCCN1CCCC1C1CCCCC1. The topological polar surface area (TPSA) is 23.5 Å². The normalized spacial score (nSPS) is 29.8. The van der Waals surface area contributed by atoms with Crippen molar-refractivity contribution in [2.24, 2.45) is 5.92 Å². The molecule has 0 spiro atoms. The van der Waals surface area contributed by atoms with Crippen LogP contribution in [0.1, 0.15) is 51.4 Å². The number of aliphatic hydroxyl groups is 1. The zero-order valence-corrected chi connectivity index (χ0v) is 9.83. The Kier molecular flexibility index (Phi) is 4.45. The molecule has 1 aliphatic heterocycles. The van der Waals surface area contributed by atoms with Gasteiger partial charge in [0.1, 0.15) is 0 Å². The maximum atomic E-state index is 8.90. The molecule has 0 amide bonds. The molecule has 2 nitrogen and oxygen atoms in total. The second kappa shape index (κ2) is 5.86. The summed E-state index contributed by atoms with van der Waals surface area (Å²) >= 11 is 0. The van der Waals surface area contributed by atoms with Crippen LogP contribution in [-0.2, 0) is 0 Å². The van der Waals surface area contributed by atoms with E-state index >= 15 is 0 Å². The summed E-state index contributed by atoms with van der Waals surface area (Å²) < 4.78 is 0. The van der Waals surface area contributed by atoms with Gasteiger partial charge in [0.15, 0.2) is 0 Å². The van der Waals surface area contributed by atoms with Crippen LogP contribution in [0, 0.1) is 5.92 Å². The van der Waals surface area contributed by atoms with E-state index in [9.17, 15) is 0 Å². The summed E-state index contributed by atoms with van der Waals surface area (Å²) in [6, 6.07) is 0.858. The minimum atomic E-state index is 0.355. The number of aliphatic hydroxyl groups excluding tert-OH is 1. The van der Waals surface area contributed by atoms with Gasteiger partial charge >= 0.3 is 0 Å². The summed E-state index contributed by atoms with van der Waals surface area (Å²) in [5, 5.41) is 8.90. The lowest BCUT2D eigenvalue weighted by Crippen LogP contribution is -2.37. The number of hydrogen-bond acceptors (Lipinski definition) is 2. The molecule has 2 aliphatic rings. The first-order valence-electron chi connectivity index (χ1n) is 6.76. The fraction of sp³-hybridized carbons (Fsp3) is 1.00. The van der Waals surface area contributed by atoms with Crippen molar-refractivity contribution in [1.82, 2.24) is 4.90 Å². The van der Waals surface area contributed by atoms with E-state index in [-0.39, 0.29) is 0 Å². The zero-order valence-electron chi connectivity index (χ0n) is 9.83. The third-order valence-corrected chi connectivity index (χ3v) is 4.21. The molecule has 0 radical (unpaired) electrons. The van der Waals surface area contributed by atoms with E-state index in [0.29, 0.717) is 6.61 Å². The second-order valence-electron chi connectivity index (χ2n) is 5.22. The standard InChI is InChI=1S/C13H25NO/c15-11-5-10-14-9-4-8-13(14)12-6-2-1-3-7-12/h12-13,15H,1-11H2. The molecule has 1 unspecified atom stereocenters. The fourth-order valence-electron chi connectivity index (χ4n) is 3.46. The van der Waals surface area contributed by atoms with Gasteiger partial charge in [-0.25, -0.2) is 0 Å². The summed E-state index contributed by atoms with van der Waals surface area (Å²) in [5.41, 5.74) is 0. The van der Waals surface area contributed by atoms with Crippen LogP contribution in [0.3, 0.4) is 0 Å². The van der Waals surface area contributed by atoms with Crippen molar-refractivity contribution in [3.05, 3.63) is 0 Å². The van der Waals surface area contributed by atoms with Crippen LogP contribution in [0.2, 0.25) is 0 Å². The predicted molar refractivity (Wildman–Crippen MR) is 62.9 cm³/mol. The molecular weight excluding hydrogens is 186 g/mol. The van der Waals surface area contributed by atoms with Gasteiger partial charge in [-0.05, 0) is 44.6 Å². The van der Waals surface area contributed by atoms with Crippen molar-refractivity contribution >= 4 is 0 Å². The predicted octanol–water partition coefficient (Wildman–Crippen LogP) is 2.41. The van der Waals surface area contributed by atoms with Gasteiger partial charge in [-0.1, -0.05) is 19.3 Å². The van der Waals surface area contributed by atoms with Gasteiger partial charge in [0.05, 0.1) is 0 Å². The van der Waals surface area contributed by atoms with Crippen molar-refractivity contribution in [3.8, 4) is 0 Å². The lowest BCUT2D eigenvalue weighted by Gasteiger charge is -2.34. The van der Waals surface area contributed by atoms with Gasteiger partial charge in [-0.2, -0.15) is 0 Å². The molecular formula is C13H25NO. The highest BCUT2D eigenvalue weighted by atomic mass is 16.3. The average Bonchev–Trinajstić information content (AvgIpc) is 2.75. The van der Waals surface area contributed by atoms with Crippen LogP contribution in [0.25, 0.3) is 0 Å². The highest BCUT2D eigenvalue weighted by molar-refractivity contribution is 4.86. The van der Waals surface area contributed by atoms with Crippen LogP contribution < -0.4 is 0 Å². The first-order valence-corrected chi connectivity index (χ1v) is 6.76. The number of likely N-dealkylation sites (tertiary alicyclic amines) is 1. The molecule has 2 fully saturated rings. The zero-order chi connectivity index (χ0) is 10.5. The Labute approximate surface area is 93.7 Å². The highest BCUT2D eigenvalue weighted by Gasteiger charge is 2.31. The Morgan fingerprint density at radius 1 is 1.00 bits per heavy atom. The minimum absolute atomic E-state index is 0.355. The third-order valence-electron chi connectivity index (χ3n) is 4.21. The average molecular weight is 211 g/mol. The van der Waals surface area contributed by atoms with Crippen LogP contribution in [-0.4, -0.2) is 35.7 Å². The summed E-state index contributed by atoms with van der Waals surface area (Å²) in [6.45, 7) is 2.76. The third kappa shape index (κ3) is 2.94. The molecule has 1 aliphatic carbocycles. The number of rotatable bonds is 4. The van der Waals surface area contributed by atoms with Gasteiger partial charge in [0.25, 0.3) is 0 Å². The number of hydrogen-bond donors (Lipinski definition) is 1. The Balaban J connectivity index is 1.82. The second-order valence-corrected chi connectivity index (χ2v) is 5.22. The van der Waals surface area contributed by atoms with Crippen LogP contribution in [0.5, 0.6) is 0 Å². The van der Waals surface area contributed by atoms with E-state index in [1.807, 2.05) is 0 Å². The monoisotopic (exact) mass is 211 g/mol. The largest absolute Gasteiger partial charge is 0.396 e. The minimum Gasteiger partial charge on any atom is -0.396 e. The molecule has 1 atom stereocenters. The quantitative estimate of drug-likeness (QED) is 0.772. The van der Waals surface area contributed by atoms with Crippen LogP contribution >= 0.6 is 0 Å². The summed E-state index contributed by atoms with van der Waals surface area (Å²) in [7, 11) is 0. The van der Waals surface area contributed by atoms with Gasteiger partial charge < -0.3 is 10.0 Å². The first-order chi connectivity index (χ1) is 7.42. The van der Waals surface area contributed by atoms with E-state index in [4.69, 9.17) is 5.11 Å². The van der Waals surface area contributed by atoms with Gasteiger partial charge in [0, 0.05) is 19.2 Å². The first kappa shape index (κ1) is 11.4. The molecule has 15 heavy (non-hydrogen) atoms. The summed E-state index contributed by atoms with van der Waals surface area (Å²) in [6.07, 6.45) is 11.0. The van der Waals surface area contributed by atoms with Crippen LogP contribution in [0.15, 0.2) is 0 Å². The molecule has 1 heterocycles. The maximum Gasteiger partial charge on any atom is 0.0443 e. The fourth-order valence-corrected chi connectivity index (χ4v) is 3.46. The molecule has 0 aromatic rings. The van der Waals surface area contributed by atoms with Gasteiger partial charge in [-0.15, -0.1) is 0 Å². The van der Waals surface area contributed by atoms with Gasteiger partial charge in [-0.3, -0.25) is 0 Å². The highest BCUT2D eigenvalue weighted by Crippen LogP contribution is 2.34. The number of nitrogens with zero attached hydrogens (tertiary/aromatic N) is 1. The molecule has 1 N–H and O–H groups in total. The lowest BCUT2D eigenvalue weighted by atomic mass is 9.83. The molecule has 2 heteroatoms. The Morgan fingerprint density at radius 3 is 2.53 bits per heavy atom. The Hall–Kier alpha value is -0.0800. The molecule has 0 bridgehead atoms. The van der Waals surface area contributed by atoms with E-state index in [1.165, 1.54) is 51.5 Å². The molecule has 1 saturated carbocycles. The Morgan fingerprint density at radius 2 is 1.80 bits per heavy atom. The van der Waals surface area contributed by atoms with Crippen molar-refractivity contribution < 1.29 is 5.11 Å². The maximum absolute atomic E-state index is 8.90. The van der Waals surface area contributed by atoms with E-state index in [1.54, 1.807) is 0 Å². The Bertz CT molecular complexity index is 177. The molecule has 2 rings (SSSR count). The molecule has 1 saturated heterocycles. The van der Waals surface area contributed by atoms with Crippen molar-refractivity contribution in [2.75, 3.05) is 19.7 Å².